The van der Waals surface area contributed by atoms with E-state index in [-0.39, 0.29) is 0 Å². The molecule has 21 heavy (non-hydrogen) atoms. The Kier molecular flexibility index (Phi) is 3.29. The molecule has 106 valence electrons. The summed E-state index contributed by atoms with van der Waals surface area (Å²) in [4.78, 5) is 0. The summed E-state index contributed by atoms with van der Waals surface area (Å²) >= 11 is 0. The fourth-order valence-corrected chi connectivity index (χ4v) is 3.04. The average molecular weight is 276 g/mol. The number of benzene rings is 2. The predicted molar refractivity (Wildman–Crippen MR) is 89.5 cm³/mol. The highest BCUT2D eigenvalue weighted by molar-refractivity contribution is 5.85. The molecular weight excluding hydrogens is 254 g/mol. The number of hydrogen-bond donors (Lipinski definition) is 0. The Morgan fingerprint density at radius 2 is 1.52 bits per heavy atom. The topological polar surface area (TPSA) is 3.88 Å². The van der Waals surface area contributed by atoms with Crippen molar-refractivity contribution in [2.75, 3.05) is 0 Å². The quantitative estimate of drug-likeness (QED) is 0.573. The standard InChI is InChI=1S/C20H22N/c1-13-6-7-17-12-21(5)20(11-18(17)9-13)19-10-14(2)8-15(3)16(19)4/h6-12H,1-5H3/q+1. The van der Waals surface area contributed by atoms with Crippen molar-refractivity contribution in [1.29, 1.82) is 0 Å². The van der Waals surface area contributed by atoms with Gasteiger partial charge in [0.1, 0.15) is 7.05 Å². The zero-order valence-electron chi connectivity index (χ0n) is 13.5. The summed E-state index contributed by atoms with van der Waals surface area (Å²) in [6, 6.07) is 13.5. The molecule has 1 heterocycles. The van der Waals surface area contributed by atoms with Gasteiger partial charge in [-0.2, -0.15) is 0 Å². The lowest BCUT2D eigenvalue weighted by molar-refractivity contribution is -0.659. The van der Waals surface area contributed by atoms with E-state index < -0.39 is 0 Å². The fraction of sp³-hybridized carbons (Fsp3) is 0.250. The summed E-state index contributed by atoms with van der Waals surface area (Å²) in [7, 11) is 2.13. The van der Waals surface area contributed by atoms with Gasteiger partial charge in [0.15, 0.2) is 6.20 Å². The zero-order chi connectivity index (χ0) is 15.1. The van der Waals surface area contributed by atoms with Crippen LogP contribution in [0.4, 0.5) is 0 Å². The molecule has 0 bridgehead atoms. The molecule has 3 rings (SSSR count). The monoisotopic (exact) mass is 276 g/mol. The van der Waals surface area contributed by atoms with Crippen LogP contribution in [0.5, 0.6) is 0 Å². The molecule has 0 saturated heterocycles. The predicted octanol–water partition coefficient (Wildman–Crippen LogP) is 4.56. The maximum atomic E-state index is 2.31. The van der Waals surface area contributed by atoms with Gasteiger partial charge in [-0.25, -0.2) is 4.57 Å². The van der Waals surface area contributed by atoms with Crippen molar-refractivity contribution in [3.8, 4) is 11.3 Å². The second-order valence-corrected chi connectivity index (χ2v) is 6.16. The molecule has 0 aliphatic heterocycles. The molecule has 3 aromatic rings. The third-order valence-electron chi connectivity index (χ3n) is 4.33. The van der Waals surface area contributed by atoms with Crippen LogP contribution in [0.15, 0.2) is 42.6 Å². The van der Waals surface area contributed by atoms with Crippen LogP contribution in [0, 0.1) is 27.7 Å². The van der Waals surface area contributed by atoms with E-state index in [0.717, 1.165) is 0 Å². The first kappa shape index (κ1) is 13.8. The van der Waals surface area contributed by atoms with E-state index in [9.17, 15) is 0 Å². The SMILES string of the molecule is Cc1cc(C)c(C)c(-c2cc3cc(C)ccc3c[n+]2C)c1. The molecule has 1 aromatic heterocycles. The van der Waals surface area contributed by atoms with Crippen LogP contribution in [0.1, 0.15) is 22.3 Å². The minimum Gasteiger partial charge on any atom is -0.200 e. The van der Waals surface area contributed by atoms with Crippen molar-refractivity contribution in [2.45, 2.75) is 27.7 Å². The number of hydrogen-bond acceptors (Lipinski definition) is 0. The van der Waals surface area contributed by atoms with E-state index in [1.54, 1.807) is 0 Å². The van der Waals surface area contributed by atoms with E-state index in [4.69, 9.17) is 0 Å². The maximum Gasteiger partial charge on any atom is 0.213 e. The third-order valence-corrected chi connectivity index (χ3v) is 4.33. The van der Waals surface area contributed by atoms with Gasteiger partial charge < -0.3 is 0 Å². The first-order chi connectivity index (χ1) is 9.95. The number of nitrogens with zero attached hydrogens (tertiary/aromatic N) is 1. The Bertz CT molecular complexity index is 844. The van der Waals surface area contributed by atoms with Gasteiger partial charge in [0, 0.05) is 17.0 Å². The minimum atomic E-state index is 1.28. The molecular formula is C20H22N+. The molecule has 0 N–H and O–H groups in total. The highest BCUT2D eigenvalue weighted by Gasteiger charge is 2.15. The van der Waals surface area contributed by atoms with Crippen molar-refractivity contribution in [3.63, 3.8) is 0 Å². The molecule has 1 heteroatoms. The van der Waals surface area contributed by atoms with Crippen molar-refractivity contribution < 1.29 is 4.57 Å². The van der Waals surface area contributed by atoms with Crippen molar-refractivity contribution in [2.24, 2.45) is 7.05 Å². The lowest BCUT2D eigenvalue weighted by Crippen LogP contribution is -2.30. The van der Waals surface area contributed by atoms with Gasteiger partial charge in [0.2, 0.25) is 5.69 Å². The van der Waals surface area contributed by atoms with E-state index in [1.807, 2.05) is 0 Å². The average Bonchev–Trinajstić information content (AvgIpc) is 2.43. The first-order valence-electron chi connectivity index (χ1n) is 7.44. The smallest absolute Gasteiger partial charge is 0.200 e. The largest absolute Gasteiger partial charge is 0.213 e. The highest BCUT2D eigenvalue weighted by Crippen LogP contribution is 2.27. The van der Waals surface area contributed by atoms with Crippen LogP contribution in [0.25, 0.3) is 22.0 Å². The molecule has 0 aliphatic carbocycles. The lowest BCUT2D eigenvalue weighted by atomic mass is 9.96. The summed E-state index contributed by atoms with van der Waals surface area (Å²) in [6.07, 6.45) is 2.22. The molecule has 0 amide bonds. The first-order valence-corrected chi connectivity index (χ1v) is 7.44. The third kappa shape index (κ3) is 2.44. The van der Waals surface area contributed by atoms with Crippen LogP contribution in [-0.2, 0) is 7.05 Å². The van der Waals surface area contributed by atoms with Gasteiger partial charge in [0.05, 0.1) is 0 Å². The number of fused-ring (bicyclic) bond motifs is 1. The summed E-state index contributed by atoms with van der Waals surface area (Å²) in [5.41, 5.74) is 7.95. The van der Waals surface area contributed by atoms with E-state index in [1.165, 1.54) is 44.3 Å². The minimum absolute atomic E-state index is 1.28. The molecule has 0 unspecified atom stereocenters. The molecule has 0 saturated carbocycles. The van der Waals surface area contributed by atoms with Crippen molar-refractivity contribution in [1.82, 2.24) is 0 Å². The Hall–Kier alpha value is -2.15. The van der Waals surface area contributed by atoms with Crippen LogP contribution in [0.3, 0.4) is 0 Å². The van der Waals surface area contributed by atoms with Gasteiger partial charge >= 0.3 is 0 Å². The normalized spacial score (nSPS) is 11.1. The number of pyridine rings is 1. The zero-order valence-corrected chi connectivity index (χ0v) is 13.5. The Morgan fingerprint density at radius 3 is 2.29 bits per heavy atom. The van der Waals surface area contributed by atoms with Crippen molar-refractivity contribution in [3.05, 3.63) is 64.8 Å². The van der Waals surface area contributed by atoms with Crippen LogP contribution >= 0.6 is 0 Å². The van der Waals surface area contributed by atoms with Crippen LogP contribution in [0.2, 0.25) is 0 Å². The number of aromatic nitrogens is 1. The van der Waals surface area contributed by atoms with Crippen LogP contribution < -0.4 is 4.57 Å². The van der Waals surface area contributed by atoms with Crippen molar-refractivity contribution >= 4 is 10.8 Å². The number of aryl methyl sites for hydroxylation is 4. The molecule has 1 nitrogen and oxygen atoms in total. The highest BCUT2D eigenvalue weighted by atomic mass is 14.9. The molecule has 0 fully saturated rings. The summed E-state index contributed by atoms with van der Waals surface area (Å²) in [6.45, 7) is 8.72. The molecule has 0 aliphatic rings. The summed E-state index contributed by atoms with van der Waals surface area (Å²) in [5, 5.41) is 2.59. The summed E-state index contributed by atoms with van der Waals surface area (Å²) < 4.78 is 2.24. The molecule has 0 radical (unpaired) electrons. The molecule has 2 aromatic carbocycles. The molecule has 0 spiro atoms. The van der Waals surface area contributed by atoms with Gasteiger partial charge in [-0.1, -0.05) is 29.3 Å². The number of rotatable bonds is 1. The Labute approximate surface area is 126 Å². The fourth-order valence-electron chi connectivity index (χ4n) is 3.04. The van der Waals surface area contributed by atoms with E-state index in [2.05, 4.69) is 81.9 Å². The van der Waals surface area contributed by atoms with E-state index >= 15 is 0 Å². The second-order valence-electron chi connectivity index (χ2n) is 6.16. The Morgan fingerprint density at radius 1 is 0.762 bits per heavy atom. The maximum absolute atomic E-state index is 2.31. The van der Waals surface area contributed by atoms with Gasteiger partial charge in [-0.3, -0.25) is 0 Å². The van der Waals surface area contributed by atoms with E-state index in [0.29, 0.717) is 0 Å². The lowest BCUT2D eigenvalue weighted by Gasteiger charge is -2.10. The van der Waals surface area contributed by atoms with Gasteiger partial charge in [-0.15, -0.1) is 0 Å². The molecule has 0 atom stereocenters. The second kappa shape index (κ2) is 5.00. The summed E-state index contributed by atoms with van der Waals surface area (Å²) in [5.74, 6) is 0. The van der Waals surface area contributed by atoms with Gasteiger partial charge in [-0.05, 0) is 56.3 Å². The Balaban J connectivity index is 2.32. The van der Waals surface area contributed by atoms with Crippen LogP contribution in [-0.4, -0.2) is 0 Å². The van der Waals surface area contributed by atoms with Gasteiger partial charge in [0.25, 0.3) is 0 Å².